The molecule has 8 heteroatoms. The van der Waals surface area contributed by atoms with Crippen LogP contribution in [0.1, 0.15) is 136 Å². The Morgan fingerprint density at radius 2 is 1.12 bits per heavy atom. The highest BCUT2D eigenvalue weighted by atomic mass is 16.6. The fraction of sp³-hybridized carbons (Fsp3) is 0.690. The summed E-state index contributed by atoms with van der Waals surface area (Å²) in [7, 11) is 5.48. The zero-order valence-electron chi connectivity index (χ0n) is 32.3. The van der Waals surface area contributed by atoms with Gasteiger partial charge in [0.25, 0.3) is 0 Å². The second-order valence-corrected chi connectivity index (χ2v) is 13.9. The molecular weight excluding hydrogens is 630 g/mol. The van der Waals surface area contributed by atoms with E-state index in [1.807, 2.05) is 75.8 Å². The van der Waals surface area contributed by atoms with Crippen molar-refractivity contribution in [2.75, 3.05) is 41.0 Å². The van der Waals surface area contributed by atoms with Gasteiger partial charge in [0.05, 0.1) is 34.4 Å². The summed E-state index contributed by atoms with van der Waals surface area (Å²) in [6.45, 7) is 4.49. The van der Waals surface area contributed by atoms with Gasteiger partial charge in [-0.3, -0.25) is 9.59 Å². The van der Waals surface area contributed by atoms with Gasteiger partial charge in [-0.25, -0.2) is 4.79 Å². The van der Waals surface area contributed by atoms with Crippen LogP contribution in [0.3, 0.4) is 0 Å². The number of esters is 2. The van der Waals surface area contributed by atoms with Crippen molar-refractivity contribution in [3.8, 4) is 0 Å². The first kappa shape index (κ1) is 47.0. The van der Waals surface area contributed by atoms with Gasteiger partial charge in [0.2, 0.25) is 0 Å². The van der Waals surface area contributed by atoms with E-state index in [1.54, 1.807) is 0 Å². The Kier molecular flexibility index (Phi) is 31.2. The van der Waals surface area contributed by atoms with Gasteiger partial charge in [-0.05, 0) is 25.7 Å². The van der Waals surface area contributed by atoms with Crippen LogP contribution >= 0.6 is 0 Å². The Bertz CT molecular complexity index is 1010. The van der Waals surface area contributed by atoms with E-state index in [4.69, 9.17) is 14.2 Å². The highest BCUT2D eigenvalue weighted by molar-refractivity contribution is 5.72. The summed E-state index contributed by atoms with van der Waals surface area (Å²) in [4.78, 5) is 36.8. The van der Waals surface area contributed by atoms with E-state index in [0.29, 0.717) is 19.3 Å². The lowest BCUT2D eigenvalue weighted by Gasteiger charge is -2.31. The standard InChI is InChI=1S/C42H71NO7/c1-6-8-10-12-14-16-18-20-22-24-26-28-30-32-40(44)49-37-38(36-48-35-34-39(42(46)47)43(3,4)5)50-41(45)33-31-29-27-25-23-21-19-17-15-13-11-9-7-2/h9,11,13,15,17,19,21,23,25,27,38-39H,6-8,10,12,14,16,18,20,22,24,26,28-37H2,1-5H3/p+1/b11-9+,15-13+,19-17+,23-21+,27-25+. The second kappa shape index (κ2) is 33.2. The Morgan fingerprint density at radius 1 is 0.620 bits per heavy atom. The second-order valence-electron chi connectivity index (χ2n) is 13.9. The van der Waals surface area contributed by atoms with Gasteiger partial charge >= 0.3 is 17.9 Å². The molecule has 286 valence electrons. The number of allylic oxidation sites excluding steroid dienone is 10. The molecule has 1 N–H and O–H groups in total. The quantitative estimate of drug-likeness (QED) is 0.0315. The number of unbranched alkanes of at least 4 members (excludes halogenated alkanes) is 13. The molecule has 0 aromatic heterocycles. The molecule has 0 radical (unpaired) electrons. The number of quaternary nitrogens is 1. The van der Waals surface area contributed by atoms with Crippen molar-refractivity contribution in [2.45, 2.75) is 148 Å². The van der Waals surface area contributed by atoms with Crippen molar-refractivity contribution in [1.82, 2.24) is 0 Å². The van der Waals surface area contributed by atoms with Crippen molar-refractivity contribution < 1.29 is 38.2 Å². The fourth-order valence-corrected chi connectivity index (χ4v) is 5.30. The van der Waals surface area contributed by atoms with Gasteiger partial charge in [0, 0.05) is 19.3 Å². The Balaban J connectivity index is 4.54. The van der Waals surface area contributed by atoms with E-state index < -0.39 is 18.1 Å². The number of likely N-dealkylation sites (N-methyl/N-ethyl adjacent to an activating group) is 1. The van der Waals surface area contributed by atoms with Crippen LogP contribution in [0, 0.1) is 0 Å². The number of ether oxygens (including phenoxy) is 3. The fourth-order valence-electron chi connectivity index (χ4n) is 5.30. The third-order valence-electron chi connectivity index (χ3n) is 8.31. The van der Waals surface area contributed by atoms with Gasteiger partial charge in [0.1, 0.15) is 6.61 Å². The molecule has 0 fully saturated rings. The van der Waals surface area contributed by atoms with E-state index in [-0.39, 0.29) is 42.7 Å². The molecule has 0 aromatic carbocycles. The van der Waals surface area contributed by atoms with Crippen LogP contribution in [0.2, 0.25) is 0 Å². The molecular formula is C42H72NO7+. The number of carbonyl (C=O) groups is 3. The zero-order valence-corrected chi connectivity index (χ0v) is 32.3. The van der Waals surface area contributed by atoms with Crippen LogP contribution in [0.5, 0.6) is 0 Å². The minimum absolute atomic E-state index is 0.0313. The maximum absolute atomic E-state index is 12.6. The van der Waals surface area contributed by atoms with E-state index in [2.05, 4.69) is 19.9 Å². The maximum atomic E-state index is 12.6. The molecule has 0 aliphatic carbocycles. The monoisotopic (exact) mass is 703 g/mol. The molecule has 50 heavy (non-hydrogen) atoms. The van der Waals surface area contributed by atoms with Crippen molar-refractivity contribution in [3.05, 3.63) is 60.8 Å². The van der Waals surface area contributed by atoms with Gasteiger partial charge < -0.3 is 23.8 Å². The number of hydrogen-bond donors (Lipinski definition) is 1. The molecule has 0 amide bonds. The summed E-state index contributed by atoms with van der Waals surface area (Å²) in [6.07, 6.45) is 38.4. The van der Waals surface area contributed by atoms with Gasteiger partial charge in [0.15, 0.2) is 12.1 Å². The van der Waals surface area contributed by atoms with Gasteiger partial charge in [-0.1, -0.05) is 152 Å². The number of aliphatic carboxylic acids is 1. The lowest BCUT2D eigenvalue weighted by molar-refractivity contribution is -0.887. The highest BCUT2D eigenvalue weighted by Gasteiger charge is 2.31. The van der Waals surface area contributed by atoms with E-state index in [9.17, 15) is 19.5 Å². The van der Waals surface area contributed by atoms with E-state index >= 15 is 0 Å². The van der Waals surface area contributed by atoms with E-state index in [0.717, 1.165) is 32.1 Å². The number of carboxylic acid groups (broad SMARTS) is 1. The first-order chi connectivity index (χ1) is 24.1. The summed E-state index contributed by atoms with van der Waals surface area (Å²) in [5, 5.41) is 9.58. The van der Waals surface area contributed by atoms with Crippen LogP contribution in [-0.2, 0) is 28.6 Å². The zero-order chi connectivity index (χ0) is 37.1. The summed E-state index contributed by atoms with van der Waals surface area (Å²) in [5.41, 5.74) is 0. The predicted octanol–water partition coefficient (Wildman–Crippen LogP) is 9.85. The first-order valence-electron chi connectivity index (χ1n) is 19.4. The minimum Gasteiger partial charge on any atom is -0.477 e. The molecule has 0 aromatic rings. The third-order valence-corrected chi connectivity index (χ3v) is 8.31. The Labute approximate surface area is 305 Å². The summed E-state index contributed by atoms with van der Waals surface area (Å²) < 4.78 is 17.1. The maximum Gasteiger partial charge on any atom is 0.362 e. The smallest absolute Gasteiger partial charge is 0.362 e. The average Bonchev–Trinajstić information content (AvgIpc) is 3.06. The van der Waals surface area contributed by atoms with Crippen molar-refractivity contribution >= 4 is 17.9 Å². The third kappa shape index (κ3) is 31.0. The van der Waals surface area contributed by atoms with Crippen molar-refractivity contribution in [1.29, 1.82) is 0 Å². The number of carbonyl (C=O) groups excluding carboxylic acids is 2. The number of rotatable bonds is 33. The van der Waals surface area contributed by atoms with Gasteiger partial charge in [-0.15, -0.1) is 0 Å². The lowest BCUT2D eigenvalue weighted by Crippen LogP contribution is -2.50. The number of nitrogens with zero attached hydrogens (tertiary/aromatic N) is 1. The first-order valence-corrected chi connectivity index (χ1v) is 19.4. The molecule has 0 saturated carbocycles. The molecule has 2 atom stereocenters. The summed E-state index contributed by atoms with van der Waals surface area (Å²) in [6, 6.07) is -0.627. The summed E-state index contributed by atoms with van der Waals surface area (Å²) >= 11 is 0. The van der Waals surface area contributed by atoms with E-state index in [1.165, 1.54) is 64.2 Å². The SMILES string of the molecule is CC/C=C/C=C/C=C/C=C/C=C/CCCC(=O)OC(COCCC(C(=O)O)[N+](C)(C)C)COC(=O)CCCCCCCCCCCCCCC. The predicted molar refractivity (Wildman–Crippen MR) is 206 cm³/mol. The molecule has 8 nitrogen and oxygen atoms in total. The van der Waals surface area contributed by atoms with Crippen LogP contribution in [-0.4, -0.2) is 80.6 Å². The lowest BCUT2D eigenvalue weighted by atomic mass is 10.0. The Hall–Kier alpha value is -2.97. The highest BCUT2D eigenvalue weighted by Crippen LogP contribution is 2.14. The molecule has 0 heterocycles. The number of carboxylic acids is 1. The Morgan fingerprint density at radius 3 is 1.64 bits per heavy atom. The van der Waals surface area contributed by atoms with Gasteiger partial charge in [-0.2, -0.15) is 0 Å². The van der Waals surface area contributed by atoms with Crippen LogP contribution < -0.4 is 0 Å². The molecule has 0 saturated heterocycles. The normalized spacial score (nSPS) is 13.7. The molecule has 0 aliphatic rings. The van der Waals surface area contributed by atoms with Crippen LogP contribution in [0.25, 0.3) is 0 Å². The molecule has 0 bridgehead atoms. The number of hydrogen-bond acceptors (Lipinski definition) is 6. The average molecular weight is 703 g/mol. The summed E-state index contributed by atoms with van der Waals surface area (Å²) in [5.74, 6) is -1.57. The topological polar surface area (TPSA) is 99.1 Å². The largest absolute Gasteiger partial charge is 0.477 e. The van der Waals surface area contributed by atoms with Crippen LogP contribution in [0.4, 0.5) is 0 Å². The minimum atomic E-state index is -0.889. The molecule has 0 rings (SSSR count). The van der Waals surface area contributed by atoms with Crippen molar-refractivity contribution in [2.24, 2.45) is 0 Å². The molecule has 2 unspecified atom stereocenters. The van der Waals surface area contributed by atoms with Crippen LogP contribution in [0.15, 0.2) is 60.8 Å². The molecule has 0 aliphatic heterocycles. The molecule has 0 spiro atoms. The van der Waals surface area contributed by atoms with Crippen molar-refractivity contribution in [3.63, 3.8) is 0 Å².